The van der Waals surface area contributed by atoms with Gasteiger partial charge >= 0.3 is 0 Å². The smallest absolute Gasteiger partial charge is 0.254 e. The van der Waals surface area contributed by atoms with E-state index in [4.69, 9.17) is 9.47 Å². The van der Waals surface area contributed by atoms with Crippen LogP contribution in [0, 0.1) is 0 Å². The monoisotopic (exact) mass is 368 g/mol. The maximum Gasteiger partial charge on any atom is 0.254 e. The molecule has 2 fully saturated rings. The molecule has 1 aromatic carbocycles. The predicted molar refractivity (Wildman–Crippen MR) is 92.3 cm³/mol. The van der Waals surface area contributed by atoms with E-state index in [2.05, 4.69) is 0 Å². The molecule has 0 bridgehead atoms. The summed E-state index contributed by atoms with van der Waals surface area (Å²) in [6.07, 6.45) is 1.71. The minimum atomic E-state index is -3.67. The topological polar surface area (TPSA) is 76.1 Å². The summed E-state index contributed by atoms with van der Waals surface area (Å²) in [5.74, 6) is 0.122. The van der Waals surface area contributed by atoms with E-state index in [9.17, 15) is 13.2 Å². The number of nitrogens with zero attached hydrogens (tertiary/aromatic N) is 2. The molecule has 1 aromatic rings. The highest BCUT2D eigenvalue weighted by Crippen LogP contribution is 2.30. The van der Waals surface area contributed by atoms with Crippen molar-refractivity contribution >= 4 is 15.9 Å². The van der Waals surface area contributed by atoms with Gasteiger partial charge in [0.15, 0.2) is 0 Å². The Hall–Kier alpha value is -1.64. The lowest BCUT2D eigenvalue weighted by molar-refractivity contribution is 0.0302. The number of sulfonamides is 1. The molecule has 0 saturated carbocycles. The Balaban J connectivity index is 1.95. The van der Waals surface area contributed by atoms with E-state index in [1.54, 1.807) is 24.0 Å². The molecule has 0 atom stereocenters. The van der Waals surface area contributed by atoms with Crippen LogP contribution in [0.15, 0.2) is 23.1 Å². The highest BCUT2D eigenvalue weighted by Gasteiger charge is 2.31. The maximum absolute atomic E-state index is 13.0. The molecule has 25 heavy (non-hydrogen) atoms. The lowest BCUT2D eigenvalue weighted by Crippen LogP contribution is -2.40. The quantitative estimate of drug-likeness (QED) is 0.784. The lowest BCUT2D eigenvalue weighted by Gasteiger charge is -2.27. The van der Waals surface area contributed by atoms with Gasteiger partial charge in [-0.15, -0.1) is 0 Å². The van der Waals surface area contributed by atoms with E-state index < -0.39 is 10.0 Å². The first kappa shape index (κ1) is 18.2. The van der Waals surface area contributed by atoms with Crippen LogP contribution in [0.25, 0.3) is 0 Å². The Morgan fingerprint density at radius 2 is 1.84 bits per heavy atom. The summed E-state index contributed by atoms with van der Waals surface area (Å²) in [6.45, 7) is 5.22. The summed E-state index contributed by atoms with van der Waals surface area (Å²) in [6, 6.07) is 4.67. The fourth-order valence-electron chi connectivity index (χ4n) is 3.13. The Kier molecular flexibility index (Phi) is 5.61. The molecule has 1 amide bonds. The molecule has 2 saturated heterocycles. The molecule has 2 heterocycles. The van der Waals surface area contributed by atoms with Gasteiger partial charge in [0, 0.05) is 31.7 Å². The highest BCUT2D eigenvalue weighted by atomic mass is 32.2. The molecular weight excluding hydrogens is 344 g/mol. The fraction of sp³-hybridized carbons (Fsp3) is 0.588. The van der Waals surface area contributed by atoms with Crippen molar-refractivity contribution in [3.63, 3.8) is 0 Å². The Morgan fingerprint density at radius 3 is 2.48 bits per heavy atom. The number of morpholine rings is 1. The number of carbonyl (C=O) groups is 1. The molecule has 0 N–H and O–H groups in total. The summed E-state index contributed by atoms with van der Waals surface area (Å²) < 4.78 is 38.2. The van der Waals surface area contributed by atoms with Gasteiger partial charge in [0.05, 0.1) is 19.8 Å². The average molecular weight is 368 g/mol. The molecule has 0 spiro atoms. The van der Waals surface area contributed by atoms with Gasteiger partial charge in [-0.3, -0.25) is 4.79 Å². The second kappa shape index (κ2) is 7.72. The van der Waals surface area contributed by atoms with E-state index in [0.717, 1.165) is 12.8 Å². The van der Waals surface area contributed by atoms with Crippen LogP contribution in [0.5, 0.6) is 5.75 Å². The fourth-order valence-corrected chi connectivity index (χ4v) is 4.81. The number of rotatable bonds is 5. The van der Waals surface area contributed by atoms with Crippen molar-refractivity contribution in [3.8, 4) is 5.75 Å². The van der Waals surface area contributed by atoms with Gasteiger partial charge < -0.3 is 14.4 Å². The standard InChI is InChI=1S/C17H24N2O5S/c1-2-24-15-6-5-14(17(20)18-9-11-23-12-10-18)13-16(15)25(21,22)19-7-3-4-8-19/h5-6,13H,2-4,7-12H2,1H3. The molecule has 7 nitrogen and oxygen atoms in total. The van der Waals surface area contributed by atoms with E-state index in [0.29, 0.717) is 57.3 Å². The van der Waals surface area contributed by atoms with E-state index in [1.165, 1.54) is 10.4 Å². The van der Waals surface area contributed by atoms with Crippen LogP contribution in [0.2, 0.25) is 0 Å². The molecule has 8 heteroatoms. The molecule has 3 rings (SSSR count). The van der Waals surface area contributed by atoms with Gasteiger partial charge in [-0.1, -0.05) is 0 Å². The maximum atomic E-state index is 13.0. The van der Waals surface area contributed by atoms with Crippen molar-refractivity contribution in [3.05, 3.63) is 23.8 Å². The van der Waals surface area contributed by atoms with Crippen molar-refractivity contribution in [2.45, 2.75) is 24.7 Å². The summed E-state index contributed by atoms with van der Waals surface area (Å²) in [5.41, 5.74) is 0.364. The van der Waals surface area contributed by atoms with Crippen LogP contribution in [-0.4, -0.2) is 69.5 Å². The van der Waals surface area contributed by atoms with Gasteiger partial charge in [0.25, 0.3) is 5.91 Å². The zero-order chi connectivity index (χ0) is 17.9. The summed E-state index contributed by atoms with van der Waals surface area (Å²) >= 11 is 0. The molecule has 2 aliphatic rings. The number of hydrogen-bond acceptors (Lipinski definition) is 5. The summed E-state index contributed by atoms with van der Waals surface area (Å²) in [4.78, 5) is 14.5. The summed E-state index contributed by atoms with van der Waals surface area (Å²) in [7, 11) is -3.67. The molecule has 2 aliphatic heterocycles. The largest absolute Gasteiger partial charge is 0.492 e. The third-order valence-electron chi connectivity index (χ3n) is 4.47. The Bertz CT molecular complexity index is 723. The first-order valence-electron chi connectivity index (χ1n) is 8.68. The van der Waals surface area contributed by atoms with Crippen molar-refractivity contribution < 1.29 is 22.7 Å². The molecule has 0 unspecified atom stereocenters. The van der Waals surface area contributed by atoms with Gasteiger partial charge in [-0.2, -0.15) is 4.31 Å². The number of hydrogen-bond donors (Lipinski definition) is 0. The Morgan fingerprint density at radius 1 is 1.16 bits per heavy atom. The van der Waals surface area contributed by atoms with Crippen molar-refractivity contribution in [1.29, 1.82) is 0 Å². The van der Waals surface area contributed by atoms with Crippen LogP contribution < -0.4 is 4.74 Å². The zero-order valence-electron chi connectivity index (χ0n) is 14.4. The third kappa shape index (κ3) is 3.80. The normalized spacial score (nSPS) is 19.2. The van der Waals surface area contributed by atoms with Crippen LogP contribution in [-0.2, 0) is 14.8 Å². The molecule has 0 aromatic heterocycles. The van der Waals surface area contributed by atoms with Gasteiger partial charge in [0.2, 0.25) is 10.0 Å². The second-order valence-corrected chi connectivity index (χ2v) is 8.02. The van der Waals surface area contributed by atoms with Crippen molar-refractivity contribution in [1.82, 2.24) is 9.21 Å². The lowest BCUT2D eigenvalue weighted by atomic mass is 10.2. The van der Waals surface area contributed by atoms with Gasteiger partial charge in [-0.05, 0) is 38.0 Å². The Labute approximate surface area is 148 Å². The minimum absolute atomic E-state index is 0.0790. The average Bonchev–Trinajstić information content (AvgIpc) is 3.18. The second-order valence-electron chi connectivity index (χ2n) is 6.11. The number of carbonyl (C=O) groups excluding carboxylic acids is 1. The zero-order valence-corrected chi connectivity index (χ0v) is 15.3. The number of amides is 1. The van der Waals surface area contributed by atoms with Crippen LogP contribution >= 0.6 is 0 Å². The van der Waals surface area contributed by atoms with E-state index in [-0.39, 0.29) is 10.8 Å². The van der Waals surface area contributed by atoms with Gasteiger partial charge in [-0.25, -0.2) is 8.42 Å². The first-order valence-corrected chi connectivity index (χ1v) is 10.1. The summed E-state index contributed by atoms with van der Waals surface area (Å²) in [5, 5.41) is 0. The van der Waals surface area contributed by atoms with Crippen LogP contribution in [0.4, 0.5) is 0 Å². The molecule has 138 valence electrons. The number of ether oxygens (including phenoxy) is 2. The minimum Gasteiger partial charge on any atom is -0.492 e. The predicted octanol–water partition coefficient (Wildman–Crippen LogP) is 1.34. The SMILES string of the molecule is CCOc1ccc(C(=O)N2CCOCC2)cc1S(=O)(=O)N1CCCC1. The van der Waals surface area contributed by atoms with Crippen molar-refractivity contribution in [2.24, 2.45) is 0 Å². The van der Waals surface area contributed by atoms with E-state index in [1.807, 2.05) is 0 Å². The van der Waals surface area contributed by atoms with E-state index >= 15 is 0 Å². The molecule has 0 aliphatic carbocycles. The van der Waals surface area contributed by atoms with Crippen LogP contribution in [0.3, 0.4) is 0 Å². The van der Waals surface area contributed by atoms with Crippen LogP contribution in [0.1, 0.15) is 30.1 Å². The molecular formula is C17H24N2O5S. The highest BCUT2D eigenvalue weighted by molar-refractivity contribution is 7.89. The van der Waals surface area contributed by atoms with Crippen molar-refractivity contribution in [2.75, 3.05) is 46.0 Å². The van der Waals surface area contributed by atoms with Gasteiger partial charge in [0.1, 0.15) is 10.6 Å². The first-order chi connectivity index (χ1) is 12.0. The molecule has 0 radical (unpaired) electrons. The third-order valence-corrected chi connectivity index (χ3v) is 6.39. The number of benzene rings is 1.